The van der Waals surface area contributed by atoms with Crippen LogP contribution < -0.4 is 15.8 Å². The number of benzene rings is 3. The number of aromatic nitrogens is 1. The fourth-order valence-electron chi connectivity index (χ4n) is 3.38. The van der Waals surface area contributed by atoms with Crippen molar-refractivity contribution in [2.45, 2.75) is 13.5 Å². The van der Waals surface area contributed by atoms with Crippen molar-refractivity contribution in [3.05, 3.63) is 90.1 Å². The Morgan fingerprint density at radius 3 is 2.33 bits per heavy atom. The fraction of sp³-hybridized carbons (Fsp3) is 0.120. The third kappa shape index (κ3) is 4.41. The lowest BCUT2D eigenvalue weighted by Gasteiger charge is -2.13. The van der Waals surface area contributed by atoms with Gasteiger partial charge in [-0.2, -0.15) is 0 Å². The second-order valence-electron chi connectivity index (χ2n) is 7.16. The number of amides is 1. The molecule has 5 heteroatoms. The number of para-hydroxylation sites is 1. The van der Waals surface area contributed by atoms with Crippen LogP contribution in [-0.2, 0) is 11.3 Å². The van der Waals surface area contributed by atoms with Crippen molar-refractivity contribution >= 4 is 22.5 Å². The van der Waals surface area contributed by atoms with Crippen LogP contribution in [0.3, 0.4) is 0 Å². The summed E-state index contributed by atoms with van der Waals surface area (Å²) in [5.41, 5.74) is 11.7. The van der Waals surface area contributed by atoms with Gasteiger partial charge in [0.05, 0.1) is 5.52 Å². The minimum Gasteiger partial charge on any atom is -0.484 e. The molecule has 0 atom stereocenters. The number of primary amides is 1. The van der Waals surface area contributed by atoms with E-state index < -0.39 is 5.91 Å². The molecule has 5 nitrogen and oxygen atoms in total. The Labute approximate surface area is 175 Å². The van der Waals surface area contributed by atoms with E-state index in [1.54, 1.807) is 0 Å². The quantitative estimate of drug-likeness (QED) is 0.474. The highest BCUT2D eigenvalue weighted by Gasteiger charge is 2.06. The van der Waals surface area contributed by atoms with E-state index in [0.717, 1.165) is 39.8 Å². The summed E-state index contributed by atoms with van der Waals surface area (Å²) in [5, 5.41) is 4.70. The summed E-state index contributed by atoms with van der Waals surface area (Å²) in [4.78, 5) is 15.3. The molecule has 4 aromatic rings. The molecule has 3 N–H and O–H groups in total. The number of nitrogens with zero attached hydrogens (tertiary/aromatic N) is 1. The van der Waals surface area contributed by atoms with E-state index >= 15 is 0 Å². The van der Waals surface area contributed by atoms with Gasteiger partial charge in [-0.3, -0.25) is 9.78 Å². The first-order valence-corrected chi connectivity index (χ1v) is 9.79. The predicted octanol–water partition coefficient (Wildman–Crippen LogP) is 4.69. The average Bonchev–Trinajstić information content (AvgIpc) is 2.78. The normalized spacial score (nSPS) is 10.7. The summed E-state index contributed by atoms with van der Waals surface area (Å²) < 4.78 is 5.30. The van der Waals surface area contributed by atoms with Crippen LogP contribution in [0.15, 0.2) is 79.0 Å². The highest BCUT2D eigenvalue weighted by molar-refractivity contribution is 5.92. The number of fused-ring (bicyclic) bond motifs is 1. The summed E-state index contributed by atoms with van der Waals surface area (Å²) >= 11 is 0. The van der Waals surface area contributed by atoms with E-state index in [1.807, 2.05) is 48.7 Å². The van der Waals surface area contributed by atoms with E-state index in [-0.39, 0.29) is 6.61 Å². The van der Waals surface area contributed by atoms with Gasteiger partial charge in [0.25, 0.3) is 5.91 Å². The number of nitrogens with one attached hydrogen (secondary N) is 1. The smallest absolute Gasteiger partial charge is 0.255 e. The van der Waals surface area contributed by atoms with Crippen LogP contribution >= 0.6 is 0 Å². The van der Waals surface area contributed by atoms with Crippen LogP contribution in [0.25, 0.3) is 22.0 Å². The molecule has 0 spiro atoms. The standard InChI is InChI=1S/C25H23N3O2/c1-17-14-27-23-5-3-2-4-22(23)25(17)28-15-18-6-8-19(9-7-18)20-10-12-21(13-11-20)30-16-24(26)29/h2-14H,15-16H2,1H3,(H2,26,29)(H,27,28). The monoisotopic (exact) mass is 397 g/mol. The van der Waals surface area contributed by atoms with Crippen molar-refractivity contribution in [1.82, 2.24) is 4.98 Å². The summed E-state index contributed by atoms with van der Waals surface area (Å²) in [5.74, 6) is 0.136. The highest BCUT2D eigenvalue weighted by Crippen LogP contribution is 2.26. The summed E-state index contributed by atoms with van der Waals surface area (Å²) in [6, 6.07) is 24.2. The number of carbonyl (C=O) groups excluding carboxylic acids is 1. The maximum atomic E-state index is 10.8. The molecule has 4 rings (SSSR count). The number of rotatable bonds is 7. The molecule has 0 aliphatic heterocycles. The molecule has 0 unspecified atom stereocenters. The molecular formula is C25H23N3O2. The third-order valence-corrected chi connectivity index (χ3v) is 4.96. The van der Waals surface area contributed by atoms with Gasteiger partial charge in [-0.15, -0.1) is 0 Å². The number of aryl methyl sites for hydroxylation is 1. The minimum atomic E-state index is -0.488. The van der Waals surface area contributed by atoms with Gasteiger partial charge in [-0.1, -0.05) is 54.6 Å². The first-order chi connectivity index (χ1) is 14.6. The molecule has 0 radical (unpaired) electrons. The number of hydrogen-bond acceptors (Lipinski definition) is 4. The van der Waals surface area contributed by atoms with Crippen molar-refractivity contribution in [2.24, 2.45) is 5.73 Å². The van der Waals surface area contributed by atoms with Gasteiger partial charge >= 0.3 is 0 Å². The number of nitrogens with two attached hydrogens (primary N) is 1. The van der Waals surface area contributed by atoms with Crippen LogP contribution in [0, 0.1) is 6.92 Å². The topological polar surface area (TPSA) is 77.2 Å². The van der Waals surface area contributed by atoms with Gasteiger partial charge in [0.1, 0.15) is 5.75 Å². The Kier molecular flexibility index (Phi) is 5.61. The van der Waals surface area contributed by atoms with Crippen LogP contribution in [0.4, 0.5) is 5.69 Å². The molecular weight excluding hydrogens is 374 g/mol. The SMILES string of the molecule is Cc1cnc2ccccc2c1NCc1ccc(-c2ccc(OCC(N)=O)cc2)cc1. The lowest BCUT2D eigenvalue weighted by atomic mass is 10.0. The zero-order valence-corrected chi connectivity index (χ0v) is 16.8. The lowest BCUT2D eigenvalue weighted by molar-refractivity contribution is -0.119. The van der Waals surface area contributed by atoms with Gasteiger partial charge in [0.15, 0.2) is 6.61 Å². The number of carbonyl (C=O) groups is 1. The van der Waals surface area contributed by atoms with Crippen molar-refractivity contribution < 1.29 is 9.53 Å². The molecule has 0 saturated heterocycles. The van der Waals surface area contributed by atoms with E-state index in [0.29, 0.717) is 5.75 Å². The highest BCUT2D eigenvalue weighted by atomic mass is 16.5. The molecule has 3 aromatic carbocycles. The summed E-state index contributed by atoms with van der Waals surface area (Å²) in [6.45, 7) is 2.68. The molecule has 0 aliphatic rings. The van der Waals surface area contributed by atoms with Crippen LogP contribution in [0.1, 0.15) is 11.1 Å². The van der Waals surface area contributed by atoms with Crippen molar-refractivity contribution in [2.75, 3.05) is 11.9 Å². The molecule has 30 heavy (non-hydrogen) atoms. The van der Waals surface area contributed by atoms with Crippen molar-refractivity contribution in [1.29, 1.82) is 0 Å². The van der Waals surface area contributed by atoms with E-state index in [9.17, 15) is 4.79 Å². The second kappa shape index (κ2) is 8.66. The molecule has 1 aromatic heterocycles. The van der Waals surface area contributed by atoms with Gasteiger partial charge in [0.2, 0.25) is 0 Å². The average molecular weight is 397 g/mol. The Hall–Kier alpha value is -3.86. The van der Waals surface area contributed by atoms with Gasteiger partial charge in [-0.25, -0.2) is 0 Å². The van der Waals surface area contributed by atoms with Gasteiger partial charge < -0.3 is 15.8 Å². The zero-order valence-electron chi connectivity index (χ0n) is 16.8. The van der Waals surface area contributed by atoms with Crippen molar-refractivity contribution in [3.63, 3.8) is 0 Å². The van der Waals surface area contributed by atoms with E-state index in [4.69, 9.17) is 10.5 Å². The van der Waals surface area contributed by atoms with Crippen molar-refractivity contribution in [3.8, 4) is 16.9 Å². The van der Waals surface area contributed by atoms with Crippen LogP contribution in [-0.4, -0.2) is 17.5 Å². The molecule has 1 amide bonds. The molecule has 150 valence electrons. The molecule has 0 bridgehead atoms. The van der Waals surface area contributed by atoms with E-state index in [2.05, 4.69) is 47.6 Å². The number of ether oxygens (including phenoxy) is 1. The van der Waals surface area contributed by atoms with Crippen LogP contribution in [0.2, 0.25) is 0 Å². The Bertz CT molecular complexity index is 1170. The minimum absolute atomic E-state index is 0.118. The van der Waals surface area contributed by atoms with Crippen LogP contribution in [0.5, 0.6) is 5.75 Å². The Morgan fingerprint density at radius 2 is 1.63 bits per heavy atom. The van der Waals surface area contributed by atoms with Gasteiger partial charge in [-0.05, 0) is 47.4 Å². The largest absolute Gasteiger partial charge is 0.484 e. The lowest BCUT2D eigenvalue weighted by Crippen LogP contribution is -2.19. The zero-order chi connectivity index (χ0) is 20.9. The third-order valence-electron chi connectivity index (χ3n) is 4.96. The predicted molar refractivity (Wildman–Crippen MR) is 120 cm³/mol. The Balaban J connectivity index is 1.45. The number of hydrogen-bond donors (Lipinski definition) is 2. The number of pyridine rings is 1. The molecule has 0 aliphatic carbocycles. The maximum Gasteiger partial charge on any atom is 0.255 e. The second-order valence-corrected chi connectivity index (χ2v) is 7.16. The first kappa shape index (κ1) is 19.5. The molecule has 0 saturated carbocycles. The maximum absolute atomic E-state index is 10.8. The number of anilines is 1. The summed E-state index contributed by atoms with van der Waals surface area (Å²) in [7, 11) is 0. The summed E-state index contributed by atoms with van der Waals surface area (Å²) in [6.07, 6.45) is 1.91. The van der Waals surface area contributed by atoms with Gasteiger partial charge in [0, 0.05) is 23.8 Å². The van der Waals surface area contributed by atoms with E-state index in [1.165, 1.54) is 5.56 Å². The first-order valence-electron chi connectivity index (χ1n) is 9.79. The Morgan fingerprint density at radius 1 is 0.967 bits per heavy atom. The molecule has 0 fully saturated rings. The molecule has 1 heterocycles. The fourth-order valence-corrected chi connectivity index (χ4v) is 3.38.